The Bertz CT molecular complexity index is 546. The van der Waals surface area contributed by atoms with E-state index >= 15 is 0 Å². The second-order valence-electron chi connectivity index (χ2n) is 4.71. The van der Waals surface area contributed by atoms with Crippen molar-refractivity contribution in [2.24, 2.45) is 11.7 Å². The number of carbonyl (C=O) groups excluding carboxylic acids is 1. The fourth-order valence-electron chi connectivity index (χ4n) is 1.97. The summed E-state index contributed by atoms with van der Waals surface area (Å²) >= 11 is 0. The first-order valence-corrected chi connectivity index (χ1v) is 6.28. The summed E-state index contributed by atoms with van der Waals surface area (Å²) in [5.74, 6) is 0.538. The predicted octanol–water partition coefficient (Wildman–Crippen LogP) is 2.79. The molecule has 2 aromatic rings. The van der Waals surface area contributed by atoms with E-state index in [1.54, 1.807) is 12.4 Å². The second-order valence-corrected chi connectivity index (χ2v) is 4.71. The summed E-state index contributed by atoms with van der Waals surface area (Å²) in [4.78, 5) is 16.3. The zero-order valence-corrected chi connectivity index (χ0v) is 10.6. The van der Waals surface area contributed by atoms with Crippen LogP contribution in [0.4, 0.5) is 0 Å². The van der Waals surface area contributed by atoms with Gasteiger partial charge in [0.25, 0.3) is 0 Å². The van der Waals surface area contributed by atoms with Crippen molar-refractivity contribution in [2.75, 3.05) is 6.54 Å². The Morgan fingerprint density at radius 2 is 2.11 bits per heavy atom. The molecule has 0 saturated carbocycles. The van der Waals surface area contributed by atoms with Gasteiger partial charge >= 0.3 is 0 Å². The third-order valence-electron chi connectivity index (χ3n) is 3.24. The number of fused-ring (bicyclic) bond motifs is 1. The number of nitrogens with two attached hydrogens (primary N) is 1. The van der Waals surface area contributed by atoms with Crippen LogP contribution in [0, 0.1) is 5.92 Å². The molecule has 0 bridgehead atoms. The summed E-state index contributed by atoms with van der Waals surface area (Å²) in [7, 11) is 0. The number of Topliss-reactive ketones (excluding diaryl/α,β-unsaturated/α-hetero) is 1. The molecule has 2 N–H and O–H groups in total. The highest BCUT2D eigenvalue weighted by molar-refractivity contribution is 6.07. The maximum Gasteiger partial charge on any atom is 0.165 e. The molecule has 0 aliphatic rings. The fourth-order valence-corrected chi connectivity index (χ4v) is 1.97. The van der Waals surface area contributed by atoms with E-state index in [1.165, 1.54) is 0 Å². The molecule has 18 heavy (non-hydrogen) atoms. The van der Waals surface area contributed by atoms with Crippen LogP contribution in [0.5, 0.6) is 0 Å². The Morgan fingerprint density at radius 1 is 1.33 bits per heavy atom. The quantitative estimate of drug-likeness (QED) is 0.820. The van der Waals surface area contributed by atoms with E-state index in [9.17, 15) is 4.79 Å². The number of carbonyl (C=O) groups is 1. The lowest BCUT2D eigenvalue weighted by molar-refractivity contribution is 0.0976. The van der Waals surface area contributed by atoms with E-state index in [0.29, 0.717) is 18.9 Å². The number of hydrogen-bond donors (Lipinski definition) is 1. The van der Waals surface area contributed by atoms with Crippen molar-refractivity contribution in [3.8, 4) is 0 Å². The summed E-state index contributed by atoms with van der Waals surface area (Å²) in [6, 6.07) is 7.84. The number of benzene rings is 1. The number of nitrogens with zero attached hydrogens (tertiary/aromatic N) is 1. The van der Waals surface area contributed by atoms with Crippen molar-refractivity contribution in [3.63, 3.8) is 0 Å². The van der Waals surface area contributed by atoms with Crippen LogP contribution < -0.4 is 5.73 Å². The molecule has 1 aromatic heterocycles. The maximum absolute atomic E-state index is 12.2. The normalized spacial score (nSPS) is 12.6. The van der Waals surface area contributed by atoms with E-state index in [-0.39, 0.29) is 5.78 Å². The van der Waals surface area contributed by atoms with Crippen LogP contribution in [0.2, 0.25) is 0 Å². The first-order valence-electron chi connectivity index (χ1n) is 6.28. The number of aromatic nitrogens is 1. The Morgan fingerprint density at radius 3 is 2.89 bits per heavy atom. The Kier molecular flexibility index (Phi) is 4.05. The van der Waals surface area contributed by atoms with Gasteiger partial charge in [-0.2, -0.15) is 0 Å². The van der Waals surface area contributed by atoms with Crippen LogP contribution >= 0.6 is 0 Å². The van der Waals surface area contributed by atoms with Crippen molar-refractivity contribution in [1.29, 1.82) is 0 Å². The minimum Gasteiger partial charge on any atom is -0.330 e. The highest BCUT2D eigenvalue weighted by Crippen LogP contribution is 2.19. The molecule has 3 heteroatoms. The van der Waals surface area contributed by atoms with Gasteiger partial charge in [-0.25, -0.2) is 0 Å². The molecule has 1 atom stereocenters. The van der Waals surface area contributed by atoms with Gasteiger partial charge in [-0.1, -0.05) is 31.2 Å². The molecule has 0 aliphatic carbocycles. The molecular weight excluding hydrogens is 224 g/mol. The van der Waals surface area contributed by atoms with Crippen LogP contribution in [-0.4, -0.2) is 17.3 Å². The van der Waals surface area contributed by atoms with E-state index < -0.39 is 0 Å². The lowest BCUT2D eigenvalue weighted by Crippen LogP contribution is -2.12. The van der Waals surface area contributed by atoms with Crippen molar-refractivity contribution in [3.05, 3.63) is 42.2 Å². The van der Waals surface area contributed by atoms with E-state index in [0.717, 1.165) is 22.8 Å². The summed E-state index contributed by atoms with van der Waals surface area (Å²) in [6.07, 6.45) is 4.82. The highest BCUT2D eigenvalue weighted by Gasteiger charge is 2.11. The van der Waals surface area contributed by atoms with Gasteiger partial charge in [0.1, 0.15) is 0 Å². The van der Waals surface area contributed by atoms with Gasteiger partial charge in [-0.15, -0.1) is 0 Å². The van der Waals surface area contributed by atoms with E-state index in [2.05, 4.69) is 11.9 Å². The highest BCUT2D eigenvalue weighted by atomic mass is 16.1. The standard InChI is InChI=1S/C15H18N2O/c1-11(8-16)6-7-15(18)14-10-17-9-12-4-2-3-5-13(12)14/h2-5,9-11H,6-8,16H2,1H3. The van der Waals surface area contributed by atoms with Crippen molar-refractivity contribution in [1.82, 2.24) is 4.98 Å². The van der Waals surface area contributed by atoms with Crippen LogP contribution in [0.15, 0.2) is 36.7 Å². The zero-order valence-electron chi connectivity index (χ0n) is 10.6. The zero-order chi connectivity index (χ0) is 13.0. The van der Waals surface area contributed by atoms with Gasteiger partial charge in [0.05, 0.1) is 0 Å². The average molecular weight is 242 g/mol. The van der Waals surface area contributed by atoms with E-state index in [1.807, 2.05) is 24.3 Å². The third kappa shape index (κ3) is 2.74. The van der Waals surface area contributed by atoms with Crippen LogP contribution in [0.1, 0.15) is 30.1 Å². The Labute approximate surface area is 107 Å². The average Bonchev–Trinajstić information content (AvgIpc) is 2.43. The van der Waals surface area contributed by atoms with Gasteiger partial charge in [0.2, 0.25) is 0 Å². The Hall–Kier alpha value is -1.74. The fraction of sp³-hybridized carbons (Fsp3) is 0.333. The van der Waals surface area contributed by atoms with Gasteiger partial charge in [0, 0.05) is 29.8 Å². The second kappa shape index (κ2) is 5.74. The largest absolute Gasteiger partial charge is 0.330 e. The molecule has 0 aliphatic heterocycles. The number of hydrogen-bond acceptors (Lipinski definition) is 3. The molecule has 0 saturated heterocycles. The molecule has 0 fully saturated rings. The molecule has 1 heterocycles. The Balaban J connectivity index is 2.22. The molecule has 0 radical (unpaired) electrons. The monoisotopic (exact) mass is 242 g/mol. The molecule has 2 rings (SSSR count). The number of rotatable bonds is 5. The minimum absolute atomic E-state index is 0.152. The molecule has 1 aromatic carbocycles. The SMILES string of the molecule is CC(CN)CCC(=O)c1cncc2ccccc12. The minimum atomic E-state index is 0.152. The third-order valence-corrected chi connectivity index (χ3v) is 3.24. The topological polar surface area (TPSA) is 56.0 Å². The van der Waals surface area contributed by atoms with Gasteiger partial charge in [-0.3, -0.25) is 9.78 Å². The van der Waals surface area contributed by atoms with Crippen LogP contribution in [-0.2, 0) is 0 Å². The summed E-state index contributed by atoms with van der Waals surface area (Å²) in [5.41, 5.74) is 6.28. The van der Waals surface area contributed by atoms with Crippen LogP contribution in [0.25, 0.3) is 10.8 Å². The first-order chi connectivity index (χ1) is 8.72. The van der Waals surface area contributed by atoms with E-state index in [4.69, 9.17) is 5.73 Å². The van der Waals surface area contributed by atoms with Crippen molar-refractivity contribution in [2.45, 2.75) is 19.8 Å². The van der Waals surface area contributed by atoms with Gasteiger partial charge in [-0.05, 0) is 24.3 Å². The molecule has 1 unspecified atom stereocenters. The summed E-state index contributed by atoms with van der Waals surface area (Å²) < 4.78 is 0. The smallest absolute Gasteiger partial charge is 0.165 e. The maximum atomic E-state index is 12.2. The summed E-state index contributed by atoms with van der Waals surface area (Å²) in [5, 5.41) is 1.99. The molecule has 0 spiro atoms. The first kappa shape index (κ1) is 12.7. The number of pyridine rings is 1. The molecule has 3 nitrogen and oxygen atoms in total. The molecule has 94 valence electrons. The molecular formula is C15H18N2O. The van der Waals surface area contributed by atoms with Gasteiger partial charge < -0.3 is 5.73 Å². The lowest BCUT2D eigenvalue weighted by Gasteiger charge is -2.08. The van der Waals surface area contributed by atoms with Crippen LogP contribution in [0.3, 0.4) is 0 Å². The predicted molar refractivity (Wildman–Crippen MR) is 73.5 cm³/mol. The number of ketones is 1. The summed E-state index contributed by atoms with van der Waals surface area (Å²) in [6.45, 7) is 2.69. The van der Waals surface area contributed by atoms with Crippen molar-refractivity contribution >= 4 is 16.6 Å². The van der Waals surface area contributed by atoms with Gasteiger partial charge in [0.15, 0.2) is 5.78 Å². The van der Waals surface area contributed by atoms with Crippen molar-refractivity contribution < 1.29 is 4.79 Å². The molecule has 0 amide bonds. The lowest BCUT2D eigenvalue weighted by atomic mass is 9.98.